The van der Waals surface area contributed by atoms with Crippen LogP contribution in [0, 0.1) is 13.8 Å². The molecule has 1 aromatic heterocycles. The van der Waals surface area contributed by atoms with Crippen LogP contribution >= 0.6 is 11.6 Å². The summed E-state index contributed by atoms with van der Waals surface area (Å²) in [6, 6.07) is 13.4. The number of fused-ring (bicyclic) bond motifs is 1. The van der Waals surface area contributed by atoms with Crippen LogP contribution in [0.3, 0.4) is 0 Å². The van der Waals surface area contributed by atoms with Gasteiger partial charge in [-0.2, -0.15) is 0 Å². The highest BCUT2D eigenvalue weighted by Crippen LogP contribution is 2.32. The number of anilines is 2. The predicted molar refractivity (Wildman–Crippen MR) is 97.3 cm³/mol. The molecule has 4 nitrogen and oxygen atoms in total. The van der Waals surface area contributed by atoms with Gasteiger partial charge in [-0.1, -0.05) is 35.9 Å². The summed E-state index contributed by atoms with van der Waals surface area (Å²) in [6.45, 7) is 3.77. The second-order valence-electron chi connectivity index (χ2n) is 5.73. The number of aliphatic carboxylic acids is 1. The number of nitrogens with zero attached hydrogens (tertiary/aromatic N) is 1. The van der Waals surface area contributed by atoms with Gasteiger partial charge in [0.15, 0.2) is 0 Å². The van der Waals surface area contributed by atoms with Crippen LogP contribution in [-0.2, 0) is 11.2 Å². The van der Waals surface area contributed by atoms with E-state index in [1.165, 1.54) is 0 Å². The number of rotatable bonds is 4. The van der Waals surface area contributed by atoms with Crippen LogP contribution in [0.15, 0.2) is 42.5 Å². The van der Waals surface area contributed by atoms with Crippen molar-refractivity contribution in [2.75, 3.05) is 5.32 Å². The van der Waals surface area contributed by atoms with Crippen molar-refractivity contribution in [3.63, 3.8) is 0 Å². The number of hydrogen-bond donors (Lipinski definition) is 2. The quantitative estimate of drug-likeness (QED) is 0.710. The van der Waals surface area contributed by atoms with Gasteiger partial charge in [-0.3, -0.25) is 9.78 Å². The molecule has 0 aliphatic carbocycles. The number of benzene rings is 2. The van der Waals surface area contributed by atoms with Crippen LogP contribution in [-0.4, -0.2) is 16.1 Å². The average Bonchev–Trinajstić information content (AvgIpc) is 2.54. The Bertz CT molecular complexity index is 938. The highest BCUT2D eigenvalue weighted by atomic mass is 35.5. The molecule has 0 radical (unpaired) electrons. The van der Waals surface area contributed by atoms with E-state index in [4.69, 9.17) is 11.6 Å². The van der Waals surface area contributed by atoms with Crippen molar-refractivity contribution in [2.24, 2.45) is 0 Å². The second kappa shape index (κ2) is 6.49. The molecule has 0 fully saturated rings. The molecule has 0 saturated heterocycles. The third kappa shape index (κ3) is 3.19. The first-order valence-corrected chi connectivity index (χ1v) is 7.96. The van der Waals surface area contributed by atoms with Gasteiger partial charge in [-0.25, -0.2) is 0 Å². The van der Waals surface area contributed by atoms with Crippen LogP contribution in [0.4, 0.5) is 11.4 Å². The van der Waals surface area contributed by atoms with Gasteiger partial charge in [0.25, 0.3) is 0 Å². The van der Waals surface area contributed by atoms with Gasteiger partial charge in [-0.15, -0.1) is 0 Å². The molecule has 3 aromatic rings. The first-order chi connectivity index (χ1) is 11.5. The number of hydrogen-bond acceptors (Lipinski definition) is 3. The molecule has 0 aliphatic rings. The van der Waals surface area contributed by atoms with Gasteiger partial charge in [-0.05, 0) is 37.6 Å². The van der Waals surface area contributed by atoms with Gasteiger partial charge in [0.05, 0.1) is 17.6 Å². The maximum Gasteiger partial charge on any atom is 0.307 e. The molecule has 5 heteroatoms. The number of carbonyl (C=O) groups is 1. The Morgan fingerprint density at radius 2 is 1.96 bits per heavy atom. The van der Waals surface area contributed by atoms with Gasteiger partial charge in [0, 0.05) is 27.4 Å². The Morgan fingerprint density at radius 1 is 1.21 bits per heavy atom. The number of halogens is 1. The molecule has 0 aliphatic heterocycles. The minimum Gasteiger partial charge on any atom is -0.481 e. The highest BCUT2D eigenvalue weighted by molar-refractivity contribution is 6.31. The third-order valence-corrected chi connectivity index (χ3v) is 4.38. The molecule has 24 heavy (non-hydrogen) atoms. The van der Waals surface area contributed by atoms with E-state index < -0.39 is 5.97 Å². The first kappa shape index (κ1) is 16.3. The molecule has 3 rings (SSSR count). The van der Waals surface area contributed by atoms with E-state index in [1.54, 1.807) is 0 Å². The standard InChI is InChI=1S/C19H17ClN2O2/c1-11-7-8-13(9-16(11)20)22-19-14-5-3-4-6-17(14)21-12(2)15(19)10-18(23)24/h3-9H,10H2,1-2H3,(H,21,22)(H,23,24). The van der Waals surface area contributed by atoms with E-state index in [2.05, 4.69) is 10.3 Å². The first-order valence-electron chi connectivity index (χ1n) is 7.59. The molecule has 0 saturated carbocycles. The van der Waals surface area contributed by atoms with Crippen molar-refractivity contribution in [2.45, 2.75) is 20.3 Å². The molecule has 122 valence electrons. The minimum absolute atomic E-state index is 0.0917. The van der Waals surface area contributed by atoms with E-state index >= 15 is 0 Å². The summed E-state index contributed by atoms with van der Waals surface area (Å²) in [5.74, 6) is -0.889. The van der Waals surface area contributed by atoms with Crippen molar-refractivity contribution >= 4 is 39.8 Å². The fraction of sp³-hybridized carbons (Fsp3) is 0.158. The Balaban J connectivity index is 2.18. The lowest BCUT2D eigenvalue weighted by molar-refractivity contribution is -0.136. The summed E-state index contributed by atoms with van der Waals surface area (Å²) in [5, 5.41) is 14.1. The fourth-order valence-corrected chi connectivity index (χ4v) is 2.88. The number of para-hydroxylation sites is 1. The summed E-state index contributed by atoms with van der Waals surface area (Å²) >= 11 is 6.21. The molecular weight excluding hydrogens is 324 g/mol. The normalized spacial score (nSPS) is 10.8. The summed E-state index contributed by atoms with van der Waals surface area (Å²) in [4.78, 5) is 15.8. The molecule has 0 amide bonds. The monoisotopic (exact) mass is 340 g/mol. The largest absolute Gasteiger partial charge is 0.481 e. The zero-order valence-corrected chi connectivity index (χ0v) is 14.2. The third-order valence-electron chi connectivity index (χ3n) is 3.97. The Hall–Kier alpha value is -2.59. The van der Waals surface area contributed by atoms with Crippen molar-refractivity contribution in [3.05, 3.63) is 64.3 Å². The van der Waals surface area contributed by atoms with Crippen molar-refractivity contribution in [1.82, 2.24) is 4.98 Å². The van der Waals surface area contributed by atoms with Crippen LogP contribution in [0.2, 0.25) is 5.02 Å². The van der Waals surface area contributed by atoms with Gasteiger partial charge >= 0.3 is 5.97 Å². The van der Waals surface area contributed by atoms with Crippen LogP contribution in [0.5, 0.6) is 0 Å². The average molecular weight is 341 g/mol. The Morgan fingerprint density at radius 3 is 2.67 bits per heavy atom. The Kier molecular flexibility index (Phi) is 4.40. The van der Waals surface area contributed by atoms with Crippen molar-refractivity contribution in [1.29, 1.82) is 0 Å². The summed E-state index contributed by atoms with van der Waals surface area (Å²) in [6.07, 6.45) is -0.0917. The van der Waals surface area contributed by atoms with Crippen LogP contribution in [0.1, 0.15) is 16.8 Å². The molecule has 2 aromatic carbocycles. The zero-order valence-electron chi connectivity index (χ0n) is 13.4. The molecule has 0 unspecified atom stereocenters. The van der Waals surface area contributed by atoms with E-state index in [-0.39, 0.29) is 6.42 Å². The number of carboxylic acid groups (broad SMARTS) is 1. The molecule has 2 N–H and O–H groups in total. The lowest BCUT2D eigenvalue weighted by atomic mass is 10.0. The SMILES string of the molecule is Cc1ccc(Nc2c(CC(=O)O)c(C)nc3ccccc23)cc1Cl. The van der Waals surface area contributed by atoms with Gasteiger partial charge < -0.3 is 10.4 Å². The lowest BCUT2D eigenvalue weighted by Crippen LogP contribution is -2.08. The van der Waals surface area contributed by atoms with Crippen LogP contribution < -0.4 is 5.32 Å². The molecule has 0 spiro atoms. The summed E-state index contributed by atoms with van der Waals surface area (Å²) < 4.78 is 0. The number of nitrogens with one attached hydrogen (secondary N) is 1. The number of carboxylic acids is 1. The van der Waals surface area contributed by atoms with Gasteiger partial charge in [0.2, 0.25) is 0 Å². The zero-order chi connectivity index (χ0) is 17.3. The fourth-order valence-electron chi connectivity index (χ4n) is 2.70. The lowest BCUT2D eigenvalue weighted by Gasteiger charge is -2.16. The van der Waals surface area contributed by atoms with Crippen molar-refractivity contribution in [3.8, 4) is 0 Å². The van der Waals surface area contributed by atoms with Gasteiger partial charge in [0.1, 0.15) is 0 Å². The number of aryl methyl sites for hydroxylation is 2. The maximum atomic E-state index is 11.3. The molecular formula is C19H17ClN2O2. The van der Waals surface area contributed by atoms with Crippen LogP contribution in [0.25, 0.3) is 10.9 Å². The van der Waals surface area contributed by atoms with E-state index in [1.807, 2.05) is 56.3 Å². The van der Waals surface area contributed by atoms with E-state index in [9.17, 15) is 9.90 Å². The Labute approximate surface area is 145 Å². The highest BCUT2D eigenvalue weighted by Gasteiger charge is 2.15. The second-order valence-corrected chi connectivity index (χ2v) is 6.13. The minimum atomic E-state index is -0.889. The molecule has 1 heterocycles. The smallest absolute Gasteiger partial charge is 0.307 e. The van der Waals surface area contributed by atoms with Crippen molar-refractivity contribution < 1.29 is 9.90 Å². The van der Waals surface area contributed by atoms with E-state index in [0.717, 1.165) is 27.8 Å². The number of aromatic nitrogens is 1. The summed E-state index contributed by atoms with van der Waals surface area (Å²) in [5.41, 5.74) is 4.77. The molecule has 0 atom stereocenters. The topological polar surface area (TPSA) is 62.2 Å². The molecule has 0 bridgehead atoms. The number of pyridine rings is 1. The summed E-state index contributed by atoms with van der Waals surface area (Å²) in [7, 11) is 0. The van der Waals surface area contributed by atoms with E-state index in [0.29, 0.717) is 16.3 Å². The maximum absolute atomic E-state index is 11.3. The predicted octanol–water partition coefficient (Wildman–Crippen LogP) is 4.88.